The number of amides is 5. The van der Waals surface area contributed by atoms with Crippen molar-refractivity contribution in [2.45, 2.75) is 71.1 Å². The first-order chi connectivity index (χ1) is 22.9. The van der Waals surface area contributed by atoms with E-state index in [9.17, 15) is 24.0 Å². The number of unbranched alkanes of at least 4 members (excludes halogenated alkanes) is 2. The second-order valence-electron chi connectivity index (χ2n) is 12.2. The molecule has 1 saturated heterocycles. The highest BCUT2D eigenvalue weighted by Crippen LogP contribution is 2.42. The van der Waals surface area contributed by atoms with Crippen LogP contribution < -0.4 is 30.2 Å². The van der Waals surface area contributed by atoms with Crippen molar-refractivity contribution >= 4 is 41.1 Å². The Balaban J connectivity index is 1.31. The fourth-order valence-corrected chi connectivity index (χ4v) is 5.19. The average molecular weight is 667 g/mol. The summed E-state index contributed by atoms with van der Waals surface area (Å²) in [5.41, 5.74) is 1.31. The maximum absolute atomic E-state index is 13.1. The van der Waals surface area contributed by atoms with Crippen LogP contribution in [-0.4, -0.2) is 80.2 Å². The number of imide groups is 1. The van der Waals surface area contributed by atoms with Crippen molar-refractivity contribution in [1.29, 1.82) is 0 Å². The Morgan fingerprint density at radius 1 is 0.979 bits per heavy atom. The maximum atomic E-state index is 13.1. The van der Waals surface area contributed by atoms with Crippen molar-refractivity contribution in [1.82, 2.24) is 20.9 Å². The number of hydrogen-bond acceptors (Lipinski definition) is 11. The van der Waals surface area contributed by atoms with E-state index in [1.54, 1.807) is 51.1 Å². The van der Waals surface area contributed by atoms with Crippen LogP contribution in [0, 0.1) is 0 Å². The van der Waals surface area contributed by atoms with E-state index in [1.165, 1.54) is 19.1 Å². The number of fused-ring (bicyclic) bond motifs is 1. The number of alkyl carbamates (subject to hydrolysis) is 1. The zero-order valence-electron chi connectivity index (χ0n) is 27.8. The SMILES string of the molecule is COc1cc(N=Nc2cccc3c2CN(C2CCC(=O)NC2=O)C3=O)cc(OC)c1OCC(=O)NCCCCCNC(=O)OC(C)(C)C. The van der Waals surface area contributed by atoms with Crippen LogP contribution in [-0.2, 0) is 25.7 Å². The van der Waals surface area contributed by atoms with E-state index < -0.39 is 23.6 Å². The fraction of sp³-hybridized carbons (Fsp3) is 0.485. The van der Waals surface area contributed by atoms with Gasteiger partial charge in [-0.3, -0.25) is 24.5 Å². The van der Waals surface area contributed by atoms with E-state index in [4.69, 9.17) is 18.9 Å². The quantitative estimate of drug-likeness (QED) is 0.152. The van der Waals surface area contributed by atoms with Crippen LogP contribution >= 0.6 is 0 Å². The molecule has 2 aromatic rings. The summed E-state index contributed by atoms with van der Waals surface area (Å²) in [5.74, 6) is -0.719. The minimum Gasteiger partial charge on any atom is -0.493 e. The third kappa shape index (κ3) is 9.42. The number of nitrogens with zero attached hydrogens (tertiary/aromatic N) is 3. The lowest BCUT2D eigenvalue weighted by Gasteiger charge is -2.29. The summed E-state index contributed by atoms with van der Waals surface area (Å²) in [6, 6.07) is 7.49. The summed E-state index contributed by atoms with van der Waals surface area (Å²) in [6.45, 7) is 6.22. The van der Waals surface area contributed by atoms with Gasteiger partial charge in [0.1, 0.15) is 11.6 Å². The van der Waals surface area contributed by atoms with Crippen molar-refractivity contribution < 1.29 is 42.9 Å². The molecule has 48 heavy (non-hydrogen) atoms. The largest absolute Gasteiger partial charge is 0.493 e. The first-order valence-electron chi connectivity index (χ1n) is 15.7. The van der Waals surface area contributed by atoms with Gasteiger partial charge in [-0.05, 0) is 58.6 Å². The van der Waals surface area contributed by atoms with Crippen molar-refractivity contribution in [2.75, 3.05) is 33.9 Å². The molecule has 1 unspecified atom stereocenters. The van der Waals surface area contributed by atoms with Gasteiger partial charge in [-0.1, -0.05) is 6.07 Å². The number of benzene rings is 2. The number of carbonyl (C=O) groups excluding carboxylic acids is 5. The van der Waals surface area contributed by atoms with Crippen LogP contribution in [0.3, 0.4) is 0 Å². The molecule has 0 spiro atoms. The predicted molar refractivity (Wildman–Crippen MR) is 173 cm³/mol. The lowest BCUT2D eigenvalue weighted by Crippen LogP contribution is -2.52. The molecule has 15 nitrogen and oxygen atoms in total. The van der Waals surface area contributed by atoms with Gasteiger partial charge in [-0.2, -0.15) is 10.2 Å². The molecule has 3 N–H and O–H groups in total. The highest BCUT2D eigenvalue weighted by Gasteiger charge is 2.40. The Morgan fingerprint density at radius 3 is 2.31 bits per heavy atom. The Labute approximate surface area is 278 Å². The number of methoxy groups -OCH3 is 2. The molecular formula is C33H42N6O9. The molecular weight excluding hydrogens is 624 g/mol. The molecule has 2 aromatic carbocycles. The van der Waals surface area contributed by atoms with Gasteiger partial charge in [0.15, 0.2) is 18.1 Å². The molecule has 1 fully saturated rings. The van der Waals surface area contributed by atoms with Gasteiger partial charge < -0.3 is 34.5 Å². The fourth-order valence-electron chi connectivity index (χ4n) is 5.19. The van der Waals surface area contributed by atoms with E-state index in [1.807, 2.05) is 0 Å². The van der Waals surface area contributed by atoms with E-state index in [0.29, 0.717) is 35.6 Å². The molecule has 15 heteroatoms. The predicted octanol–water partition coefficient (Wildman–Crippen LogP) is 4.07. The summed E-state index contributed by atoms with van der Waals surface area (Å²) in [7, 11) is 2.89. The monoisotopic (exact) mass is 666 g/mol. The molecule has 2 heterocycles. The first kappa shape index (κ1) is 35.6. The van der Waals surface area contributed by atoms with Crippen LogP contribution in [0.2, 0.25) is 0 Å². The number of azo groups is 1. The van der Waals surface area contributed by atoms with Crippen LogP contribution in [0.5, 0.6) is 17.2 Å². The smallest absolute Gasteiger partial charge is 0.407 e. The number of ether oxygens (including phenoxy) is 4. The van der Waals surface area contributed by atoms with E-state index in [-0.39, 0.29) is 61.0 Å². The molecule has 4 rings (SSSR count). The van der Waals surface area contributed by atoms with Crippen LogP contribution in [0.15, 0.2) is 40.6 Å². The molecule has 0 saturated carbocycles. The number of piperidine rings is 1. The molecule has 0 aromatic heterocycles. The lowest BCUT2D eigenvalue weighted by molar-refractivity contribution is -0.137. The topological polar surface area (TPSA) is 186 Å². The second kappa shape index (κ2) is 16.1. The van der Waals surface area contributed by atoms with Gasteiger partial charge in [-0.25, -0.2) is 4.79 Å². The summed E-state index contributed by atoms with van der Waals surface area (Å²) in [5, 5.41) is 16.5. The third-order valence-electron chi connectivity index (χ3n) is 7.47. The average Bonchev–Trinajstić information content (AvgIpc) is 3.37. The third-order valence-corrected chi connectivity index (χ3v) is 7.47. The molecule has 0 radical (unpaired) electrons. The number of rotatable bonds is 14. The van der Waals surface area contributed by atoms with Crippen molar-refractivity contribution in [3.8, 4) is 17.2 Å². The van der Waals surface area contributed by atoms with Crippen LogP contribution in [0.1, 0.15) is 68.8 Å². The molecule has 0 bridgehead atoms. The standard InChI is InChI=1S/C33H42N6O9/c1-33(2,3)48-32(44)35-15-8-6-7-14-34-28(41)19-47-29-25(45-4)16-20(17-26(29)46-5)37-38-23-11-9-10-21-22(23)18-39(31(21)43)24-12-13-27(40)36-30(24)42/h9-11,16-17,24H,6-8,12-15,18-19H2,1-5H3,(H,34,41)(H,35,44)(H,36,40,42). The summed E-state index contributed by atoms with van der Waals surface area (Å²) < 4.78 is 21.9. The normalized spacial score (nSPS) is 16.0. The minimum atomic E-state index is -0.740. The zero-order chi connectivity index (χ0) is 34.8. The molecule has 1 atom stereocenters. The summed E-state index contributed by atoms with van der Waals surface area (Å²) >= 11 is 0. The van der Waals surface area contributed by atoms with Crippen molar-refractivity contribution in [3.05, 3.63) is 41.5 Å². The molecule has 2 aliphatic rings. The minimum absolute atomic E-state index is 0.155. The van der Waals surface area contributed by atoms with Gasteiger partial charge in [0, 0.05) is 49.3 Å². The highest BCUT2D eigenvalue weighted by molar-refractivity contribution is 6.06. The van der Waals surface area contributed by atoms with Crippen molar-refractivity contribution in [3.63, 3.8) is 0 Å². The number of nitrogens with one attached hydrogen (secondary N) is 3. The Bertz CT molecular complexity index is 1540. The van der Waals surface area contributed by atoms with Crippen LogP contribution in [0.4, 0.5) is 16.2 Å². The Morgan fingerprint density at radius 2 is 1.67 bits per heavy atom. The number of hydrogen-bond donors (Lipinski definition) is 3. The Hall–Kier alpha value is -5.21. The van der Waals surface area contributed by atoms with Gasteiger partial charge in [0.05, 0.1) is 25.6 Å². The molecule has 5 amide bonds. The van der Waals surface area contributed by atoms with Gasteiger partial charge in [0.2, 0.25) is 17.6 Å². The summed E-state index contributed by atoms with van der Waals surface area (Å²) in [4.78, 5) is 62.7. The molecule has 258 valence electrons. The van der Waals surface area contributed by atoms with E-state index in [2.05, 4.69) is 26.2 Å². The van der Waals surface area contributed by atoms with E-state index in [0.717, 1.165) is 19.3 Å². The summed E-state index contributed by atoms with van der Waals surface area (Å²) in [6.07, 6.45) is 2.24. The van der Waals surface area contributed by atoms with Crippen LogP contribution in [0.25, 0.3) is 0 Å². The first-order valence-corrected chi connectivity index (χ1v) is 15.7. The second-order valence-corrected chi connectivity index (χ2v) is 12.2. The lowest BCUT2D eigenvalue weighted by atomic mass is 10.0. The highest BCUT2D eigenvalue weighted by atomic mass is 16.6. The van der Waals surface area contributed by atoms with Crippen molar-refractivity contribution in [2.24, 2.45) is 10.2 Å². The molecule has 2 aliphatic heterocycles. The van der Waals surface area contributed by atoms with Gasteiger partial charge in [0.25, 0.3) is 11.8 Å². The Kier molecular flexibility index (Phi) is 11.9. The maximum Gasteiger partial charge on any atom is 0.407 e. The molecule has 0 aliphatic carbocycles. The zero-order valence-corrected chi connectivity index (χ0v) is 27.8. The van der Waals surface area contributed by atoms with Gasteiger partial charge in [-0.15, -0.1) is 0 Å². The van der Waals surface area contributed by atoms with E-state index >= 15 is 0 Å². The number of carbonyl (C=O) groups is 5. The van der Waals surface area contributed by atoms with Gasteiger partial charge >= 0.3 is 6.09 Å².